The van der Waals surface area contributed by atoms with Crippen LogP contribution in [0.15, 0.2) is 48.9 Å². The van der Waals surface area contributed by atoms with Crippen LogP contribution < -0.4 is 5.73 Å². The fourth-order valence-corrected chi connectivity index (χ4v) is 2.32. The first kappa shape index (κ1) is 13.6. The lowest BCUT2D eigenvalue weighted by Crippen LogP contribution is -2.00. The topological polar surface area (TPSA) is 56.7 Å². The van der Waals surface area contributed by atoms with Gasteiger partial charge in [0, 0.05) is 23.0 Å². The summed E-state index contributed by atoms with van der Waals surface area (Å²) >= 11 is 5.96. The number of aromatic nitrogens is 3. The van der Waals surface area contributed by atoms with Crippen molar-refractivity contribution in [2.24, 2.45) is 0 Å². The molecule has 0 aliphatic heterocycles. The molecule has 0 amide bonds. The van der Waals surface area contributed by atoms with E-state index in [1.807, 2.05) is 24.3 Å². The number of nitrogen functional groups attached to an aromatic ring is 1. The highest BCUT2D eigenvalue weighted by Gasteiger charge is 2.10. The Balaban J connectivity index is 1.91. The van der Waals surface area contributed by atoms with Gasteiger partial charge in [-0.15, -0.1) is 0 Å². The van der Waals surface area contributed by atoms with E-state index < -0.39 is 5.82 Å². The second kappa shape index (κ2) is 5.54. The van der Waals surface area contributed by atoms with Gasteiger partial charge in [0.15, 0.2) is 0 Å². The van der Waals surface area contributed by atoms with Crippen molar-refractivity contribution in [1.82, 2.24) is 14.8 Å². The van der Waals surface area contributed by atoms with Crippen LogP contribution in [0.3, 0.4) is 0 Å². The summed E-state index contributed by atoms with van der Waals surface area (Å²) in [6.07, 6.45) is 4.38. The molecular formula is C15H12ClFN4. The van der Waals surface area contributed by atoms with Crippen LogP contribution in [0.4, 0.5) is 10.1 Å². The number of nitrogens with zero attached hydrogens (tertiary/aromatic N) is 3. The third kappa shape index (κ3) is 3.03. The van der Waals surface area contributed by atoms with Crippen LogP contribution >= 0.6 is 11.6 Å². The molecule has 106 valence electrons. The number of halogens is 2. The molecule has 2 N–H and O–H groups in total. The van der Waals surface area contributed by atoms with Gasteiger partial charge in [-0.05, 0) is 23.8 Å². The van der Waals surface area contributed by atoms with Crippen LogP contribution in [-0.4, -0.2) is 14.8 Å². The highest BCUT2D eigenvalue weighted by molar-refractivity contribution is 6.30. The molecule has 0 fully saturated rings. The van der Waals surface area contributed by atoms with Crippen LogP contribution in [0.25, 0.3) is 11.3 Å². The quantitative estimate of drug-likeness (QED) is 0.807. The molecule has 0 atom stereocenters. The van der Waals surface area contributed by atoms with Crippen molar-refractivity contribution in [3.8, 4) is 11.3 Å². The largest absolute Gasteiger partial charge is 0.396 e. The lowest BCUT2D eigenvalue weighted by atomic mass is 10.2. The predicted molar refractivity (Wildman–Crippen MR) is 80.4 cm³/mol. The maximum Gasteiger partial charge on any atom is 0.142 e. The summed E-state index contributed by atoms with van der Waals surface area (Å²) in [5.74, 6) is -0.420. The number of anilines is 1. The summed E-state index contributed by atoms with van der Waals surface area (Å²) < 4.78 is 14.9. The Bertz CT molecular complexity index is 785. The lowest BCUT2D eigenvalue weighted by molar-refractivity contribution is 0.621. The fraction of sp³-hybridized carbons (Fsp3) is 0.0667. The van der Waals surface area contributed by atoms with Gasteiger partial charge in [0.2, 0.25) is 0 Å². The van der Waals surface area contributed by atoms with E-state index in [2.05, 4.69) is 10.1 Å². The first-order chi connectivity index (χ1) is 10.1. The monoisotopic (exact) mass is 302 g/mol. The highest BCUT2D eigenvalue weighted by atomic mass is 35.5. The average molecular weight is 303 g/mol. The highest BCUT2D eigenvalue weighted by Crippen LogP contribution is 2.24. The first-order valence-electron chi connectivity index (χ1n) is 6.30. The molecule has 0 spiro atoms. The summed E-state index contributed by atoms with van der Waals surface area (Å²) in [6.45, 7) is 0.535. The Morgan fingerprint density at radius 2 is 2.10 bits per heavy atom. The average Bonchev–Trinajstić information content (AvgIpc) is 2.79. The Kier molecular flexibility index (Phi) is 3.58. The predicted octanol–water partition coefficient (Wildman–Crippen LogP) is 3.37. The Morgan fingerprint density at radius 1 is 1.24 bits per heavy atom. The molecule has 0 radical (unpaired) electrons. The minimum absolute atomic E-state index is 0.420. The normalized spacial score (nSPS) is 10.8. The van der Waals surface area contributed by atoms with Gasteiger partial charge in [-0.3, -0.25) is 9.67 Å². The molecule has 4 nitrogen and oxygen atoms in total. The molecule has 2 heterocycles. The van der Waals surface area contributed by atoms with E-state index in [-0.39, 0.29) is 0 Å². The summed E-state index contributed by atoms with van der Waals surface area (Å²) in [6, 6.07) is 8.86. The molecule has 3 rings (SSSR count). The molecule has 0 aliphatic rings. The number of rotatable bonds is 3. The van der Waals surface area contributed by atoms with Crippen LogP contribution in [0, 0.1) is 5.82 Å². The third-order valence-corrected chi connectivity index (χ3v) is 3.24. The standard InChI is InChI=1S/C15H12ClFN4/c16-12-3-1-2-10(4-12)8-21-9-14(18)15(20-21)11-5-13(17)7-19-6-11/h1-7,9H,8,18H2. The third-order valence-electron chi connectivity index (χ3n) is 3.00. The van der Waals surface area contributed by atoms with E-state index in [1.54, 1.807) is 10.9 Å². The summed E-state index contributed by atoms with van der Waals surface area (Å²) in [5, 5.41) is 5.06. The molecule has 0 unspecified atom stereocenters. The van der Waals surface area contributed by atoms with Crippen molar-refractivity contribution in [2.45, 2.75) is 6.54 Å². The van der Waals surface area contributed by atoms with E-state index in [4.69, 9.17) is 17.3 Å². The van der Waals surface area contributed by atoms with Gasteiger partial charge in [-0.2, -0.15) is 5.10 Å². The molecule has 0 saturated heterocycles. The van der Waals surface area contributed by atoms with Crippen LogP contribution in [0.5, 0.6) is 0 Å². The maximum absolute atomic E-state index is 13.2. The van der Waals surface area contributed by atoms with Gasteiger partial charge in [0.1, 0.15) is 11.5 Å². The van der Waals surface area contributed by atoms with E-state index in [1.165, 1.54) is 12.3 Å². The molecule has 1 aromatic carbocycles. The second-order valence-electron chi connectivity index (χ2n) is 4.65. The molecule has 0 bridgehead atoms. The van der Waals surface area contributed by atoms with Crippen LogP contribution in [0.1, 0.15) is 5.56 Å². The van der Waals surface area contributed by atoms with Gasteiger partial charge < -0.3 is 5.73 Å². The van der Waals surface area contributed by atoms with Gasteiger partial charge in [0.05, 0.1) is 18.4 Å². The van der Waals surface area contributed by atoms with E-state index in [0.717, 1.165) is 11.8 Å². The number of benzene rings is 1. The van der Waals surface area contributed by atoms with Crippen molar-refractivity contribution >= 4 is 17.3 Å². The lowest BCUT2D eigenvalue weighted by Gasteiger charge is -2.02. The Hall–Kier alpha value is -2.40. The van der Waals surface area contributed by atoms with Crippen molar-refractivity contribution in [1.29, 1.82) is 0 Å². The number of hydrogen-bond donors (Lipinski definition) is 1. The zero-order valence-corrected chi connectivity index (χ0v) is 11.8. The van der Waals surface area contributed by atoms with E-state index >= 15 is 0 Å². The summed E-state index contributed by atoms with van der Waals surface area (Å²) in [7, 11) is 0. The van der Waals surface area contributed by atoms with E-state index in [9.17, 15) is 4.39 Å². The van der Waals surface area contributed by atoms with Gasteiger partial charge >= 0.3 is 0 Å². The van der Waals surface area contributed by atoms with Gasteiger partial charge in [0.25, 0.3) is 0 Å². The number of pyridine rings is 1. The second-order valence-corrected chi connectivity index (χ2v) is 5.09. The zero-order valence-electron chi connectivity index (χ0n) is 11.0. The maximum atomic E-state index is 13.2. The molecule has 21 heavy (non-hydrogen) atoms. The smallest absolute Gasteiger partial charge is 0.142 e. The molecule has 0 aliphatic carbocycles. The van der Waals surface area contributed by atoms with Crippen LogP contribution in [-0.2, 0) is 6.54 Å². The fourth-order valence-electron chi connectivity index (χ4n) is 2.11. The first-order valence-corrected chi connectivity index (χ1v) is 6.68. The molecule has 3 aromatic rings. The van der Waals surface area contributed by atoms with E-state index in [0.29, 0.717) is 28.5 Å². The van der Waals surface area contributed by atoms with Gasteiger partial charge in [-0.1, -0.05) is 23.7 Å². The Labute approximate surface area is 126 Å². The Morgan fingerprint density at radius 3 is 2.86 bits per heavy atom. The van der Waals surface area contributed by atoms with Crippen LogP contribution in [0.2, 0.25) is 5.02 Å². The SMILES string of the molecule is Nc1cn(Cc2cccc(Cl)c2)nc1-c1cncc(F)c1. The van der Waals surface area contributed by atoms with Gasteiger partial charge in [-0.25, -0.2) is 4.39 Å². The molecule has 6 heteroatoms. The molecule has 2 aromatic heterocycles. The van der Waals surface area contributed by atoms with Crippen molar-refractivity contribution in [3.63, 3.8) is 0 Å². The molecular weight excluding hydrogens is 291 g/mol. The number of nitrogens with two attached hydrogens (primary N) is 1. The molecule has 0 saturated carbocycles. The van der Waals surface area contributed by atoms with Crippen molar-refractivity contribution in [3.05, 3.63) is 65.3 Å². The van der Waals surface area contributed by atoms with Crippen molar-refractivity contribution < 1.29 is 4.39 Å². The summed E-state index contributed by atoms with van der Waals surface area (Å²) in [5.41, 5.74) is 8.50. The zero-order chi connectivity index (χ0) is 14.8. The summed E-state index contributed by atoms with van der Waals surface area (Å²) in [4.78, 5) is 3.81. The minimum atomic E-state index is -0.420. The van der Waals surface area contributed by atoms with Crippen molar-refractivity contribution in [2.75, 3.05) is 5.73 Å². The minimum Gasteiger partial charge on any atom is -0.396 e. The number of hydrogen-bond acceptors (Lipinski definition) is 3.